The molecule has 1 aromatic carbocycles. The summed E-state index contributed by atoms with van der Waals surface area (Å²) in [6.07, 6.45) is 2.98. The average molecular weight is 376 g/mol. The predicted octanol–water partition coefficient (Wildman–Crippen LogP) is 2.34. The summed E-state index contributed by atoms with van der Waals surface area (Å²) in [4.78, 5) is 2.42. The summed E-state index contributed by atoms with van der Waals surface area (Å²) in [5.41, 5.74) is 8.57. The van der Waals surface area contributed by atoms with Gasteiger partial charge in [-0.1, -0.05) is 23.7 Å². The number of halogens is 1. The van der Waals surface area contributed by atoms with Crippen molar-refractivity contribution in [3.05, 3.63) is 46.0 Å². The Bertz CT molecular complexity index is 771. The van der Waals surface area contributed by atoms with Gasteiger partial charge in [0.05, 0.1) is 13.2 Å². The molecule has 0 saturated heterocycles. The molecule has 7 heteroatoms. The number of benzene rings is 1. The van der Waals surface area contributed by atoms with Gasteiger partial charge in [0.15, 0.2) is 0 Å². The third-order valence-corrected chi connectivity index (χ3v) is 5.92. The first kappa shape index (κ1) is 17.9. The third-order valence-electron chi connectivity index (χ3n) is 5.57. The number of aromatic nitrogens is 3. The number of methoxy groups -OCH3 is 1. The minimum atomic E-state index is 0.305. The van der Waals surface area contributed by atoms with Crippen LogP contribution < -0.4 is 5.73 Å². The van der Waals surface area contributed by atoms with E-state index in [4.69, 9.17) is 22.1 Å². The molecule has 2 aliphatic rings. The van der Waals surface area contributed by atoms with Gasteiger partial charge >= 0.3 is 0 Å². The molecule has 0 unspecified atom stereocenters. The van der Waals surface area contributed by atoms with Crippen LogP contribution in [-0.2, 0) is 30.8 Å². The van der Waals surface area contributed by atoms with Gasteiger partial charge in [-0.05, 0) is 36.5 Å². The summed E-state index contributed by atoms with van der Waals surface area (Å²) in [5.74, 6) is 2.52. The Morgan fingerprint density at radius 3 is 2.92 bits per heavy atom. The van der Waals surface area contributed by atoms with Crippen LogP contribution in [0, 0.1) is 0 Å². The molecule has 1 aromatic heterocycles. The predicted molar refractivity (Wildman–Crippen MR) is 101 cm³/mol. The molecular weight excluding hydrogens is 350 g/mol. The molecule has 2 heterocycles. The number of nitrogens with two attached hydrogens (primary N) is 1. The third kappa shape index (κ3) is 3.51. The van der Waals surface area contributed by atoms with E-state index < -0.39 is 0 Å². The van der Waals surface area contributed by atoms with E-state index in [1.54, 1.807) is 7.11 Å². The van der Waals surface area contributed by atoms with Crippen LogP contribution in [-0.4, -0.2) is 46.0 Å². The van der Waals surface area contributed by atoms with Crippen molar-refractivity contribution < 1.29 is 4.74 Å². The SMILES string of the molecule is COCCn1c(CN2CCc3c(Cl)cccc3C2)nnc1C1CC(N)C1. The molecule has 2 aromatic rings. The summed E-state index contributed by atoms with van der Waals surface area (Å²) in [5, 5.41) is 9.90. The minimum Gasteiger partial charge on any atom is -0.383 e. The van der Waals surface area contributed by atoms with E-state index in [-0.39, 0.29) is 0 Å². The monoisotopic (exact) mass is 375 g/mol. The van der Waals surface area contributed by atoms with Crippen molar-refractivity contribution in [2.45, 2.75) is 50.9 Å². The lowest BCUT2D eigenvalue weighted by Crippen LogP contribution is -2.36. The molecular formula is C19H26ClN5O. The van der Waals surface area contributed by atoms with Crippen molar-refractivity contribution in [3.63, 3.8) is 0 Å². The van der Waals surface area contributed by atoms with Crippen molar-refractivity contribution in [1.82, 2.24) is 19.7 Å². The number of rotatable bonds is 6. The molecule has 1 aliphatic carbocycles. The molecule has 4 rings (SSSR count). The van der Waals surface area contributed by atoms with Gasteiger partial charge in [-0.15, -0.1) is 10.2 Å². The fraction of sp³-hybridized carbons (Fsp3) is 0.579. The lowest BCUT2D eigenvalue weighted by molar-refractivity contribution is 0.179. The van der Waals surface area contributed by atoms with Gasteiger partial charge in [0.1, 0.15) is 11.6 Å². The van der Waals surface area contributed by atoms with Gasteiger partial charge in [-0.25, -0.2) is 0 Å². The van der Waals surface area contributed by atoms with Crippen molar-refractivity contribution in [1.29, 1.82) is 0 Å². The van der Waals surface area contributed by atoms with Gasteiger partial charge in [0.2, 0.25) is 0 Å². The maximum atomic E-state index is 6.34. The zero-order chi connectivity index (χ0) is 18.1. The van der Waals surface area contributed by atoms with E-state index in [1.807, 2.05) is 12.1 Å². The molecule has 1 aliphatic heterocycles. The van der Waals surface area contributed by atoms with E-state index in [0.717, 1.165) is 62.1 Å². The standard InChI is InChI=1S/C19H26ClN5O/c1-26-8-7-25-18(22-23-19(25)14-9-15(21)10-14)12-24-6-5-16-13(11-24)3-2-4-17(16)20/h2-4,14-15H,5-12,21H2,1H3. The van der Waals surface area contributed by atoms with Crippen LogP contribution in [0.2, 0.25) is 5.02 Å². The smallest absolute Gasteiger partial charge is 0.147 e. The highest BCUT2D eigenvalue weighted by Crippen LogP contribution is 2.35. The molecule has 26 heavy (non-hydrogen) atoms. The summed E-state index contributed by atoms with van der Waals surface area (Å²) < 4.78 is 7.54. The minimum absolute atomic E-state index is 0.305. The second kappa shape index (κ2) is 7.64. The van der Waals surface area contributed by atoms with Crippen LogP contribution in [0.1, 0.15) is 41.5 Å². The van der Waals surface area contributed by atoms with Crippen LogP contribution >= 0.6 is 11.6 Å². The van der Waals surface area contributed by atoms with Crippen LogP contribution in [0.25, 0.3) is 0 Å². The first-order valence-corrected chi connectivity index (χ1v) is 9.68. The quantitative estimate of drug-likeness (QED) is 0.839. The van der Waals surface area contributed by atoms with Crippen molar-refractivity contribution in [2.75, 3.05) is 20.3 Å². The molecule has 0 bridgehead atoms. The highest BCUT2D eigenvalue weighted by molar-refractivity contribution is 6.31. The Hall–Kier alpha value is -1.47. The zero-order valence-electron chi connectivity index (χ0n) is 15.2. The van der Waals surface area contributed by atoms with Gasteiger partial charge < -0.3 is 15.0 Å². The largest absolute Gasteiger partial charge is 0.383 e. The topological polar surface area (TPSA) is 69.2 Å². The van der Waals surface area contributed by atoms with E-state index in [1.165, 1.54) is 11.1 Å². The van der Waals surface area contributed by atoms with E-state index in [2.05, 4.69) is 25.7 Å². The number of hydrogen-bond acceptors (Lipinski definition) is 5. The molecule has 6 nitrogen and oxygen atoms in total. The maximum absolute atomic E-state index is 6.34. The van der Waals surface area contributed by atoms with Crippen LogP contribution in [0.15, 0.2) is 18.2 Å². The first-order chi connectivity index (χ1) is 12.7. The molecule has 2 N–H and O–H groups in total. The van der Waals surface area contributed by atoms with Crippen molar-refractivity contribution in [2.24, 2.45) is 5.73 Å². The Morgan fingerprint density at radius 2 is 2.15 bits per heavy atom. The molecule has 0 atom stereocenters. The maximum Gasteiger partial charge on any atom is 0.147 e. The van der Waals surface area contributed by atoms with Gasteiger partial charge in [0.25, 0.3) is 0 Å². The second-order valence-electron chi connectivity index (χ2n) is 7.39. The average Bonchev–Trinajstić information content (AvgIpc) is 2.99. The Morgan fingerprint density at radius 1 is 1.31 bits per heavy atom. The summed E-state index contributed by atoms with van der Waals surface area (Å²) in [7, 11) is 1.73. The van der Waals surface area contributed by atoms with Gasteiger partial charge in [-0.3, -0.25) is 4.90 Å². The molecule has 0 amide bonds. The summed E-state index contributed by atoms with van der Waals surface area (Å²) in [6.45, 7) is 4.13. The van der Waals surface area contributed by atoms with Gasteiger partial charge in [0, 0.05) is 43.7 Å². The molecule has 1 fully saturated rings. The Labute approximate surface area is 159 Å². The number of ether oxygens (including phenoxy) is 1. The summed E-state index contributed by atoms with van der Waals surface area (Å²) in [6, 6.07) is 6.49. The lowest BCUT2D eigenvalue weighted by Gasteiger charge is -2.32. The second-order valence-corrected chi connectivity index (χ2v) is 7.79. The highest BCUT2D eigenvalue weighted by Gasteiger charge is 2.32. The molecule has 0 spiro atoms. The van der Waals surface area contributed by atoms with Crippen LogP contribution in [0.5, 0.6) is 0 Å². The zero-order valence-corrected chi connectivity index (χ0v) is 16.0. The molecule has 140 valence electrons. The van der Waals surface area contributed by atoms with Crippen molar-refractivity contribution >= 4 is 11.6 Å². The Kier molecular flexibility index (Phi) is 5.27. The number of hydrogen-bond donors (Lipinski definition) is 1. The fourth-order valence-corrected chi connectivity index (χ4v) is 4.31. The van der Waals surface area contributed by atoms with Crippen LogP contribution in [0.3, 0.4) is 0 Å². The van der Waals surface area contributed by atoms with E-state index in [0.29, 0.717) is 18.6 Å². The first-order valence-electron chi connectivity index (χ1n) is 9.30. The molecule has 0 radical (unpaired) electrons. The fourth-order valence-electron chi connectivity index (χ4n) is 4.02. The van der Waals surface area contributed by atoms with E-state index in [9.17, 15) is 0 Å². The van der Waals surface area contributed by atoms with E-state index >= 15 is 0 Å². The number of nitrogens with zero attached hydrogens (tertiary/aromatic N) is 4. The molecule has 1 saturated carbocycles. The Balaban J connectivity index is 1.51. The highest BCUT2D eigenvalue weighted by atomic mass is 35.5. The normalized spacial score (nSPS) is 22.9. The lowest BCUT2D eigenvalue weighted by atomic mass is 9.80. The van der Waals surface area contributed by atoms with Crippen molar-refractivity contribution in [3.8, 4) is 0 Å². The van der Waals surface area contributed by atoms with Crippen LogP contribution in [0.4, 0.5) is 0 Å². The summed E-state index contributed by atoms with van der Waals surface area (Å²) >= 11 is 6.34. The van der Waals surface area contributed by atoms with Gasteiger partial charge in [-0.2, -0.15) is 0 Å². The number of fused-ring (bicyclic) bond motifs is 1.